The zero-order chi connectivity index (χ0) is 20.5. The molecule has 2 nitrogen and oxygen atoms in total. The van der Waals surface area contributed by atoms with Gasteiger partial charge in [0.05, 0.1) is 16.6 Å². The molecule has 0 fully saturated rings. The number of unbranched alkanes of at least 4 members (excludes halogenated alkanes) is 1. The van der Waals surface area contributed by atoms with Crippen LogP contribution < -0.4 is 5.73 Å². The molecule has 3 N–H and O–H groups in total. The van der Waals surface area contributed by atoms with Gasteiger partial charge in [0.1, 0.15) is 0 Å². The van der Waals surface area contributed by atoms with E-state index in [1.807, 2.05) is 0 Å². The zero-order valence-electron chi connectivity index (χ0n) is 14.7. The van der Waals surface area contributed by atoms with Crippen molar-refractivity contribution in [3.05, 3.63) is 59.2 Å². The minimum atomic E-state index is -4.55. The number of aromatic nitrogens is 1. The molecular formula is C20H18F6N2. The summed E-state index contributed by atoms with van der Waals surface area (Å²) in [6, 6.07) is 8.30. The number of hydrogen-bond donors (Lipinski definition) is 2. The number of aromatic amines is 1. The Morgan fingerprint density at radius 1 is 0.821 bits per heavy atom. The largest absolute Gasteiger partial charge is 0.418 e. The van der Waals surface area contributed by atoms with Crippen LogP contribution in [-0.4, -0.2) is 11.5 Å². The average Bonchev–Trinajstić information content (AvgIpc) is 2.99. The van der Waals surface area contributed by atoms with Gasteiger partial charge in [0.25, 0.3) is 0 Å². The fourth-order valence-corrected chi connectivity index (χ4v) is 3.29. The molecule has 2 aromatic carbocycles. The quantitative estimate of drug-likeness (QED) is 0.391. The van der Waals surface area contributed by atoms with Crippen molar-refractivity contribution in [3.63, 3.8) is 0 Å². The van der Waals surface area contributed by atoms with Gasteiger partial charge in [-0.15, -0.1) is 0 Å². The van der Waals surface area contributed by atoms with Gasteiger partial charge in [-0.3, -0.25) is 0 Å². The molecule has 0 saturated heterocycles. The molecule has 0 bridgehead atoms. The Kier molecular flexibility index (Phi) is 5.43. The Balaban J connectivity index is 2.16. The van der Waals surface area contributed by atoms with Crippen molar-refractivity contribution in [2.45, 2.75) is 31.6 Å². The molecule has 3 aromatic rings. The van der Waals surface area contributed by atoms with Gasteiger partial charge in [-0.05, 0) is 55.1 Å². The lowest BCUT2D eigenvalue weighted by atomic mass is 9.98. The molecule has 0 unspecified atom stereocenters. The fraction of sp³-hybridized carbons (Fsp3) is 0.300. The van der Waals surface area contributed by atoms with Crippen molar-refractivity contribution >= 4 is 10.9 Å². The summed E-state index contributed by atoms with van der Waals surface area (Å²) in [6.45, 7) is 0.450. The maximum absolute atomic E-state index is 13.4. The number of nitrogens with two attached hydrogens (primary N) is 1. The lowest BCUT2D eigenvalue weighted by Gasteiger charge is -2.09. The summed E-state index contributed by atoms with van der Waals surface area (Å²) in [4.78, 5) is 2.81. The molecule has 0 atom stereocenters. The second-order valence-electron chi connectivity index (χ2n) is 6.53. The highest BCUT2D eigenvalue weighted by Crippen LogP contribution is 2.39. The van der Waals surface area contributed by atoms with E-state index in [1.165, 1.54) is 18.2 Å². The highest BCUT2D eigenvalue weighted by atomic mass is 19.4. The second kappa shape index (κ2) is 7.50. The molecule has 28 heavy (non-hydrogen) atoms. The first-order valence-corrected chi connectivity index (χ1v) is 8.71. The minimum Gasteiger partial charge on any atom is -0.354 e. The number of benzene rings is 2. The first kappa shape index (κ1) is 20.3. The summed E-state index contributed by atoms with van der Waals surface area (Å²) in [6.07, 6.45) is -7.21. The number of aryl methyl sites for hydroxylation is 1. The van der Waals surface area contributed by atoms with E-state index in [-0.39, 0.29) is 5.52 Å². The van der Waals surface area contributed by atoms with Gasteiger partial charge in [-0.2, -0.15) is 26.3 Å². The van der Waals surface area contributed by atoms with E-state index < -0.39 is 23.5 Å². The van der Waals surface area contributed by atoms with Gasteiger partial charge in [-0.1, -0.05) is 24.3 Å². The maximum Gasteiger partial charge on any atom is 0.418 e. The normalized spacial score (nSPS) is 12.7. The van der Waals surface area contributed by atoms with E-state index >= 15 is 0 Å². The average molecular weight is 400 g/mol. The molecule has 0 saturated carbocycles. The van der Waals surface area contributed by atoms with Crippen molar-refractivity contribution in [1.29, 1.82) is 0 Å². The predicted octanol–water partition coefficient (Wildman–Crippen LogP) is 6.15. The molecule has 1 aromatic heterocycles. The van der Waals surface area contributed by atoms with Crippen LogP contribution in [0.3, 0.4) is 0 Å². The topological polar surface area (TPSA) is 41.8 Å². The third-order valence-electron chi connectivity index (χ3n) is 4.63. The molecule has 0 spiro atoms. The standard InChI is InChI=1S/C20H18F6N2/c21-19(22,23)13-9-7-12(8-10-13)17-14(4-1-2-11-27)15-5-3-6-16(18(15)28-17)20(24,25)26/h3,5-10,28H,1-2,4,11,27H2. The Labute approximate surface area is 157 Å². The summed E-state index contributed by atoms with van der Waals surface area (Å²) in [5, 5.41) is 0.418. The van der Waals surface area contributed by atoms with Crippen LogP contribution in [0.15, 0.2) is 42.5 Å². The molecule has 3 rings (SSSR count). The van der Waals surface area contributed by atoms with Gasteiger partial charge >= 0.3 is 12.4 Å². The van der Waals surface area contributed by atoms with Gasteiger partial charge in [-0.25, -0.2) is 0 Å². The van der Waals surface area contributed by atoms with Crippen molar-refractivity contribution in [1.82, 2.24) is 4.98 Å². The number of fused-ring (bicyclic) bond motifs is 1. The second-order valence-corrected chi connectivity index (χ2v) is 6.53. The first-order valence-electron chi connectivity index (χ1n) is 8.71. The third kappa shape index (κ3) is 4.01. The van der Waals surface area contributed by atoms with Gasteiger partial charge in [0, 0.05) is 11.1 Å². The summed E-state index contributed by atoms with van der Waals surface area (Å²) >= 11 is 0. The molecule has 8 heteroatoms. The number of H-pyrrole nitrogens is 1. The molecule has 1 heterocycles. The first-order chi connectivity index (χ1) is 13.1. The molecule has 0 radical (unpaired) electrons. The van der Waals surface area contributed by atoms with Crippen LogP contribution in [0.4, 0.5) is 26.3 Å². The highest BCUT2D eigenvalue weighted by Gasteiger charge is 2.34. The van der Waals surface area contributed by atoms with E-state index in [4.69, 9.17) is 5.73 Å². The lowest BCUT2D eigenvalue weighted by molar-refractivity contribution is -0.138. The number of alkyl halides is 6. The van der Waals surface area contributed by atoms with E-state index in [1.54, 1.807) is 6.07 Å². The number of para-hydroxylation sites is 1. The van der Waals surface area contributed by atoms with Crippen molar-refractivity contribution in [2.24, 2.45) is 5.73 Å². The Bertz CT molecular complexity index is 952. The van der Waals surface area contributed by atoms with Crippen LogP contribution in [-0.2, 0) is 18.8 Å². The monoisotopic (exact) mass is 400 g/mol. The fourth-order valence-electron chi connectivity index (χ4n) is 3.29. The van der Waals surface area contributed by atoms with Crippen LogP contribution >= 0.6 is 0 Å². The predicted molar refractivity (Wildman–Crippen MR) is 95.7 cm³/mol. The molecule has 0 amide bonds. The number of halogens is 6. The van der Waals surface area contributed by atoms with Crippen LogP contribution in [0.5, 0.6) is 0 Å². The molecule has 150 valence electrons. The third-order valence-corrected chi connectivity index (χ3v) is 4.63. The smallest absolute Gasteiger partial charge is 0.354 e. The van der Waals surface area contributed by atoms with Gasteiger partial charge < -0.3 is 10.7 Å². The summed E-state index contributed by atoms with van der Waals surface area (Å²) in [5.74, 6) is 0. The van der Waals surface area contributed by atoms with Crippen LogP contribution in [0, 0.1) is 0 Å². The molecule has 0 aliphatic rings. The van der Waals surface area contributed by atoms with E-state index in [2.05, 4.69) is 4.98 Å². The van der Waals surface area contributed by atoms with Gasteiger partial charge in [0.2, 0.25) is 0 Å². The van der Waals surface area contributed by atoms with Crippen molar-refractivity contribution < 1.29 is 26.3 Å². The lowest BCUT2D eigenvalue weighted by Crippen LogP contribution is -2.05. The maximum atomic E-state index is 13.4. The van der Waals surface area contributed by atoms with Crippen molar-refractivity contribution in [3.8, 4) is 11.3 Å². The Hall–Kier alpha value is -2.48. The SMILES string of the molecule is NCCCCc1c(-c2ccc(C(F)(F)F)cc2)[nH]c2c(C(F)(F)F)cccc12. The molecule has 0 aliphatic carbocycles. The summed E-state index contributed by atoms with van der Waals surface area (Å²) in [5.41, 5.74) is 5.28. The molecule has 0 aliphatic heterocycles. The minimum absolute atomic E-state index is 0.0624. The van der Waals surface area contributed by atoms with Crippen LogP contribution in [0.25, 0.3) is 22.2 Å². The van der Waals surface area contributed by atoms with Crippen molar-refractivity contribution in [2.75, 3.05) is 6.54 Å². The summed E-state index contributed by atoms with van der Waals surface area (Å²) < 4.78 is 78.6. The van der Waals surface area contributed by atoms with Gasteiger partial charge in [0.15, 0.2) is 0 Å². The van der Waals surface area contributed by atoms with E-state index in [0.29, 0.717) is 48.0 Å². The number of hydrogen-bond acceptors (Lipinski definition) is 1. The number of rotatable bonds is 5. The Morgan fingerprint density at radius 3 is 2.07 bits per heavy atom. The Morgan fingerprint density at radius 2 is 1.50 bits per heavy atom. The van der Waals surface area contributed by atoms with Crippen LogP contribution in [0.1, 0.15) is 29.5 Å². The van der Waals surface area contributed by atoms with Crippen LogP contribution in [0.2, 0.25) is 0 Å². The zero-order valence-corrected chi connectivity index (χ0v) is 14.7. The summed E-state index contributed by atoms with van der Waals surface area (Å²) in [7, 11) is 0. The molecular weight excluding hydrogens is 382 g/mol. The number of nitrogens with one attached hydrogen (secondary N) is 1. The highest BCUT2D eigenvalue weighted by molar-refractivity contribution is 5.93. The van der Waals surface area contributed by atoms with E-state index in [9.17, 15) is 26.3 Å². The van der Waals surface area contributed by atoms with E-state index in [0.717, 1.165) is 18.2 Å².